The van der Waals surface area contributed by atoms with E-state index in [1.165, 1.54) is 4.90 Å². The Morgan fingerprint density at radius 2 is 1.93 bits per heavy atom. The maximum Gasteiger partial charge on any atom is 0.240 e. The maximum atomic E-state index is 11.6. The van der Waals surface area contributed by atoms with Gasteiger partial charge in [0.15, 0.2) is 0 Å². The van der Waals surface area contributed by atoms with Crippen LogP contribution < -0.4 is 17.2 Å². The average Bonchev–Trinajstić information content (AvgIpc) is 1.99. The number of carbonyl (C=O) groups is 3. The van der Waals surface area contributed by atoms with Gasteiger partial charge in [-0.15, -0.1) is 0 Å². The zero-order chi connectivity index (χ0) is 11.6. The zero-order valence-corrected chi connectivity index (χ0v) is 8.18. The predicted octanol–water partition coefficient (Wildman–Crippen LogP) is -2.72. The number of hydrogen-bond acceptors (Lipinski definition) is 4. The van der Waals surface area contributed by atoms with Gasteiger partial charge < -0.3 is 22.1 Å². The molecule has 0 aromatic carbocycles. The second-order valence-electron chi connectivity index (χ2n) is 3.52. The van der Waals surface area contributed by atoms with Crippen LogP contribution in [0.3, 0.4) is 0 Å². The van der Waals surface area contributed by atoms with Crippen LogP contribution in [-0.2, 0) is 14.4 Å². The lowest BCUT2D eigenvalue weighted by atomic mass is 10.0. The molecule has 1 aliphatic heterocycles. The summed E-state index contributed by atoms with van der Waals surface area (Å²) in [4.78, 5) is 34.2. The summed E-state index contributed by atoms with van der Waals surface area (Å²) in [6, 6.07) is -1.57. The molecule has 2 atom stereocenters. The summed E-state index contributed by atoms with van der Waals surface area (Å²) < 4.78 is 0. The van der Waals surface area contributed by atoms with Crippen molar-refractivity contribution in [1.82, 2.24) is 4.90 Å². The number of primary amides is 2. The van der Waals surface area contributed by atoms with E-state index in [0.29, 0.717) is 13.0 Å². The average molecular weight is 214 g/mol. The molecular formula is C8H14N4O3. The third-order valence-electron chi connectivity index (χ3n) is 2.37. The number of amides is 3. The molecule has 0 aliphatic carbocycles. The van der Waals surface area contributed by atoms with E-state index in [4.69, 9.17) is 17.2 Å². The highest BCUT2D eigenvalue weighted by molar-refractivity contribution is 5.92. The summed E-state index contributed by atoms with van der Waals surface area (Å²) in [5.41, 5.74) is 15.4. The van der Waals surface area contributed by atoms with Crippen molar-refractivity contribution in [1.29, 1.82) is 0 Å². The molecule has 6 N–H and O–H groups in total. The lowest BCUT2D eigenvalue weighted by molar-refractivity contribution is -0.147. The topological polar surface area (TPSA) is 133 Å². The number of likely N-dealkylation sites (tertiary alicyclic amines) is 1. The molecule has 1 heterocycles. The van der Waals surface area contributed by atoms with Crippen molar-refractivity contribution in [3.63, 3.8) is 0 Å². The largest absolute Gasteiger partial charge is 0.370 e. The molecular weight excluding hydrogens is 200 g/mol. The Morgan fingerprint density at radius 3 is 2.27 bits per heavy atom. The first-order valence-corrected chi connectivity index (χ1v) is 4.57. The lowest BCUT2D eigenvalue weighted by Gasteiger charge is -2.39. The fraction of sp³-hybridized carbons (Fsp3) is 0.625. The number of nitrogens with zero attached hydrogens (tertiary/aromatic N) is 1. The van der Waals surface area contributed by atoms with Gasteiger partial charge in [0.05, 0.1) is 12.5 Å². The monoisotopic (exact) mass is 214 g/mol. The molecule has 0 radical (unpaired) electrons. The van der Waals surface area contributed by atoms with Crippen molar-refractivity contribution in [3.05, 3.63) is 0 Å². The van der Waals surface area contributed by atoms with Crippen LogP contribution in [0.25, 0.3) is 0 Å². The molecule has 1 fully saturated rings. The molecule has 3 amide bonds. The fourth-order valence-corrected chi connectivity index (χ4v) is 1.46. The first-order valence-electron chi connectivity index (χ1n) is 4.57. The van der Waals surface area contributed by atoms with Crippen LogP contribution >= 0.6 is 0 Å². The highest BCUT2D eigenvalue weighted by Crippen LogP contribution is 2.18. The zero-order valence-electron chi connectivity index (χ0n) is 8.18. The van der Waals surface area contributed by atoms with Gasteiger partial charge in [-0.25, -0.2) is 0 Å². The minimum atomic E-state index is -0.982. The van der Waals surface area contributed by atoms with Gasteiger partial charge in [-0.3, -0.25) is 14.4 Å². The Labute approximate surface area is 86.6 Å². The molecule has 0 aromatic heterocycles. The van der Waals surface area contributed by atoms with E-state index in [1.54, 1.807) is 0 Å². The minimum absolute atomic E-state index is 0.221. The molecule has 0 bridgehead atoms. The van der Waals surface area contributed by atoms with E-state index in [-0.39, 0.29) is 6.42 Å². The Morgan fingerprint density at radius 1 is 1.33 bits per heavy atom. The summed E-state index contributed by atoms with van der Waals surface area (Å²) in [6.45, 7) is 0.443. The van der Waals surface area contributed by atoms with Gasteiger partial charge in [0.1, 0.15) is 6.04 Å². The Bertz CT molecular complexity index is 304. The van der Waals surface area contributed by atoms with E-state index >= 15 is 0 Å². The van der Waals surface area contributed by atoms with Gasteiger partial charge in [0.2, 0.25) is 17.7 Å². The SMILES string of the molecule is NC(=O)CC(N)C(=O)N1CCC1C(N)=O. The predicted molar refractivity (Wildman–Crippen MR) is 51.1 cm³/mol. The number of carbonyl (C=O) groups excluding carboxylic acids is 3. The van der Waals surface area contributed by atoms with Crippen molar-refractivity contribution in [3.8, 4) is 0 Å². The van der Waals surface area contributed by atoms with Crippen LogP contribution in [0.4, 0.5) is 0 Å². The lowest BCUT2D eigenvalue weighted by Crippen LogP contribution is -2.61. The fourth-order valence-electron chi connectivity index (χ4n) is 1.46. The van der Waals surface area contributed by atoms with Gasteiger partial charge in [-0.1, -0.05) is 0 Å². The first-order chi connectivity index (χ1) is 6.93. The summed E-state index contributed by atoms with van der Waals surface area (Å²) in [5, 5.41) is 0. The van der Waals surface area contributed by atoms with Crippen molar-refractivity contribution in [2.24, 2.45) is 17.2 Å². The summed E-state index contributed by atoms with van der Waals surface area (Å²) in [6.07, 6.45) is 0.325. The van der Waals surface area contributed by atoms with E-state index in [9.17, 15) is 14.4 Å². The van der Waals surface area contributed by atoms with Crippen molar-refractivity contribution < 1.29 is 14.4 Å². The van der Waals surface area contributed by atoms with E-state index < -0.39 is 29.8 Å². The number of rotatable bonds is 4. The van der Waals surface area contributed by atoms with Crippen LogP contribution in [0.5, 0.6) is 0 Å². The number of nitrogens with two attached hydrogens (primary N) is 3. The summed E-state index contributed by atoms with van der Waals surface area (Å²) in [5.74, 6) is -1.66. The highest BCUT2D eigenvalue weighted by Gasteiger charge is 2.38. The first kappa shape index (κ1) is 11.4. The normalized spacial score (nSPS) is 21.7. The van der Waals surface area contributed by atoms with Crippen LogP contribution in [0, 0.1) is 0 Å². The molecule has 1 saturated heterocycles. The second kappa shape index (κ2) is 4.26. The van der Waals surface area contributed by atoms with Gasteiger partial charge in [0.25, 0.3) is 0 Å². The molecule has 0 aromatic rings. The molecule has 0 spiro atoms. The van der Waals surface area contributed by atoms with E-state index in [0.717, 1.165) is 0 Å². The Kier molecular flexibility index (Phi) is 3.25. The molecule has 2 unspecified atom stereocenters. The Balaban J connectivity index is 2.53. The van der Waals surface area contributed by atoms with Gasteiger partial charge in [-0.2, -0.15) is 0 Å². The van der Waals surface area contributed by atoms with Crippen molar-refractivity contribution >= 4 is 17.7 Å². The van der Waals surface area contributed by atoms with Crippen LogP contribution in [0.1, 0.15) is 12.8 Å². The smallest absolute Gasteiger partial charge is 0.240 e. The van der Waals surface area contributed by atoms with E-state index in [1.807, 2.05) is 0 Å². The summed E-state index contributed by atoms with van der Waals surface area (Å²) in [7, 11) is 0. The maximum absolute atomic E-state index is 11.6. The van der Waals surface area contributed by atoms with Crippen LogP contribution in [0.15, 0.2) is 0 Å². The molecule has 84 valence electrons. The number of hydrogen-bond donors (Lipinski definition) is 3. The van der Waals surface area contributed by atoms with Crippen LogP contribution in [0.2, 0.25) is 0 Å². The van der Waals surface area contributed by atoms with Gasteiger partial charge >= 0.3 is 0 Å². The molecule has 1 rings (SSSR count). The van der Waals surface area contributed by atoms with Gasteiger partial charge in [0, 0.05) is 6.54 Å². The van der Waals surface area contributed by atoms with Crippen LogP contribution in [-0.4, -0.2) is 41.2 Å². The van der Waals surface area contributed by atoms with Crippen molar-refractivity contribution in [2.75, 3.05) is 6.54 Å². The van der Waals surface area contributed by atoms with Gasteiger partial charge in [-0.05, 0) is 6.42 Å². The minimum Gasteiger partial charge on any atom is -0.370 e. The molecule has 15 heavy (non-hydrogen) atoms. The third kappa shape index (κ3) is 2.44. The summed E-state index contributed by atoms with van der Waals surface area (Å²) >= 11 is 0. The third-order valence-corrected chi connectivity index (χ3v) is 2.37. The standard InChI is InChI=1S/C8H14N4O3/c9-4(3-6(10)13)8(15)12-2-1-5(12)7(11)14/h4-5H,1-3,9H2,(H2,10,13)(H2,11,14). The molecule has 7 nitrogen and oxygen atoms in total. The van der Waals surface area contributed by atoms with Crippen molar-refractivity contribution in [2.45, 2.75) is 24.9 Å². The molecule has 7 heteroatoms. The second-order valence-corrected chi connectivity index (χ2v) is 3.52. The highest BCUT2D eigenvalue weighted by atomic mass is 16.2. The molecule has 0 saturated carbocycles. The van der Waals surface area contributed by atoms with E-state index in [2.05, 4.69) is 0 Å². The quantitative estimate of drug-likeness (QED) is 0.468. The molecule has 1 aliphatic rings. The Hall–Kier alpha value is -1.63.